The Morgan fingerprint density at radius 1 is 1.15 bits per heavy atom. The number of methoxy groups -OCH3 is 1. The number of nitrogens with one attached hydrogen (secondary N) is 1. The normalized spacial score (nSPS) is 16.8. The van der Waals surface area contributed by atoms with Crippen molar-refractivity contribution in [3.8, 4) is 5.75 Å². The summed E-state index contributed by atoms with van der Waals surface area (Å²) in [5, 5.41) is 3.97. The van der Waals surface area contributed by atoms with Crippen molar-refractivity contribution < 1.29 is 14.3 Å². The Morgan fingerprint density at radius 3 is 2.59 bits per heavy atom. The molecule has 1 unspecified atom stereocenters. The number of Topliss-reactive ketones (excluding diaryl/α,β-unsaturated/α-hetero) is 1. The summed E-state index contributed by atoms with van der Waals surface area (Å²) >= 11 is 6.33. The van der Waals surface area contributed by atoms with E-state index in [2.05, 4.69) is 5.32 Å². The summed E-state index contributed by atoms with van der Waals surface area (Å²) in [4.78, 5) is 27.0. The van der Waals surface area contributed by atoms with Gasteiger partial charge in [0.05, 0.1) is 13.2 Å². The van der Waals surface area contributed by atoms with Gasteiger partial charge in [-0.15, -0.1) is 0 Å². The Labute approximate surface area is 164 Å². The van der Waals surface area contributed by atoms with E-state index in [4.69, 9.17) is 16.3 Å². The molecule has 2 aromatic rings. The Morgan fingerprint density at radius 2 is 1.89 bits per heavy atom. The summed E-state index contributed by atoms with van der Waals surface area (Å²) in [6.07, 6.45) is 0.371. The molecule has 3 rings (SSSR count). The van der Waals surface area contributed by atoms with E-state index in [1.165, 1.54) is 0 Å². The second kappa shape index (κ2) is 9.02. The average molecular weight is 387 g/mol. The molecule has 0 radical (unpaired) electrons. The van der Waals surface area contributed by atoms with Gasteiger partial charge in [0.1, 0.15) is 5.75 Å². The standard InChI is InChI=1S/C21H23ClN2O3/c1-27-16-8-6-15(7-9-16)20(25)10-11-21(26)24-13-12-23-14-19(24)17-4-2-3-5-18(17)22/h2-9,19,23H,10-14H2,1H3. The number of rotatable bonds is 6. The third kappa shape index (κ3) is 4.67. The number of carbonyl (C=O) groups excluding carboxylic acids is 2. The first-order valence-corrected chi connectivity index (χ1v) is 9.40. The number of nitrogens with zero attached hydrogens (tertiary/aromatic N) is 1. The van der Waals surface area contributed by atoms with Crippen molar-refractivity contribution >= 4 is 23.3 Å². The van der Waals surface area contributed by atoms with Crippen LogP contribution in [0.2, 0.25) is 5.02 Å². The van der Waals surface area contributed by atoms with Gasteiger partial charge in [0.2, 0.25) is 5.91 Å². The highest BCUT2D eigenvalue weighted by Gasteiger charge is 2.29. The van der Waals surface area contributed by atoms with Crippen molar-refractivity contribution in [2.45, 2.75) is 18.9 Å². The summed E-state index contributed by atoms with van der Waals surface area (Å²) in [5.41, 5.74) is 1.52. The van der Waals surface area contributed by atoms with Crippen molar-refractivity contribution in [2.24, 2.45) is 0 Å². The van der Waals surface area contributed by atoms with E-state index in [9.17, 15) is 9.59 Å². The number of halogens is 1. The molecule has 1 aliphatic heterocycles. The van der Waals surface area contributed by atoms with E-state index in [0.29, 0.717) is 29.4 Å². The number of amides is 1. The predicted octanol–water partition coefficient (Wildman–Crippen LogP) is 3.48. The van der Waals surface area contributed by atoms with Crippen LogP contribution in [0.15, 0.2) is 48.5 Å². The van der Waals surface area contributed by atoms with Gasteiger partial charge in [-0.25, -0.2) is 0 Å². The van der Waals surface area contributed by atoms with E-state index in [0.717, 1.165) is 12.1 Å². The number of ether oxygens (including phenoxy) is 1. The summed E-state index contributed by atoms with van der Waals surface area (Å²) < 4.78 is 5.10. The highest BCUT2D eigenvalue weighted by atomic mass is 35.5. The molecule has 6 heteroatoms. The van der Waals surface area contributed by atoms with Crippen molar-refractivity contribution in [2.75, 3.05) is 26.7 Å². The molecule has 0 aliphatic carbocycles. The molecule has 1 saturated heterocycles. The topological polar surface area (TPSA) is 58.6 Å². The zero-order chi connectivity index (χ0) is 19.2. The molecule has 0 spiro atoms. The van der Waals surface area contributed by atoms with Crippen LogP contribution < -0.4 is 10.1 Å². The molecule has 1 fully saturated rings. The Balaban J connectivity index is 1.64. The highest BCUT2D eigenvalue weighted by Crippen LogP contribution is 2.29. The Hall–Kier alpha value is -2.37. The first kappa shape index (κ1) is 19.4. The molecule has 5 nitrogen and oxygen atoms in total. The van der Waals surface area contributed by atoms with Crippen molar-refractivity contribution in [1.29, 1.82) is 0 Å². The SMILES string of the molecule is COc1ccc(C(=O)CCC(=O)N2CCNCC2c2ccccc2Cl)cc1. The largest absolute Gasteiger partial charge is 0.497 e. The summed E-state index contributed by atoms with van der Waals surface area (Å²) in [6.45, 7) is 1.99. The smallest absolute Gasteiger partial charge is 0.223 e. The molecule has 0 aromatic heterocycles. The lowest BCUT2D eigenvalue weighted by Crippen LogP contribution is -2.48. The van der Waals surface area contributed by atoms with Crippen molar-refractivity contribution in [3.05, 3.63) is 64.7 Å². The molecule has 1 N–H and O–H groups in total. The van der Waals surface area contributed by atoms with Gasteiger partial charge in [-0.3, -0.25) is 9.59 Å². The zero-order valence-corrected chi connectivity index (χ0v) is 16.0. The quantitative estimate of drug-likeness (QED) is 0.772. The third-order valence-corrected chi connectivity index (χ3v) is 5.15. The van der Waals surface area contributed by atoms with Gasteiger partial charge in [0.15, 0.2) is 5.78 Å². The number of piperazine rings is 1. The van der Waals surface area contributed by atoms with Gasteiger partial charge in [-0.05, 0) is 35.9 Å². The maximum absolute atomic E-state index is 12.8. The summed E-state index contributed by atoms with van der Waals surface area (Å²) in [6, 6.07) is 14.4. The van der Waals surface area contributed by atoms with Crippen LogP contribution in [-0.4, -0.2) is 43.3 Å². The van der Waals surface area contributed by atoms with Gasteiger partial charge < -0.3 is 15.0 Å². The molecular weight excluding hydrogens is 364 g/mol. The van der Waals surface area contributed by atoms with E-state index >= 15 is 0 Å². The molecule has 2 aromatic carbocycles. The van der Waals surface area contributed by atoms with Gasteiger partial charge in [0.25, 0.3) is 0 Å². The molecule has 142 valence electrons. The molecule has 0 saturated carbocycles. The maximum Gasteiger partial charge on any atom is 0.223 e. The molecular formula is C21H23ClN2O3. The number of ketones is 1. The number of hydrogen-bond donors (Lipinski definition) is 1. The van der Waals surface area contributed by atoms with Crippen LogP contribution in [0.4, 0.5) is 0 Å². The first-order chi connectivity index (χ1) is 13.1. The minimum Gasteiger partial charge on any atom is -0.497 e. The lowest BCUT2D eigenvalue weighted by molar-refractivity contribution is -0.134. The van der Waals surface area contributed by atoms with Gasteiger partial charge in [-0.2, -0.15) is 0 Å². The van der Waals surface area contributed by atoms with Gasteiger partial charge >= 0.3 is 0 Å². The van der Waals surface area contributed by atoms with Crippen molar-refractivity contribution in [1.82, 2.24) is 10.2 Å². The minimum atomic E-state index is -0.115. The summed E-state index contributed by atoms with van der Waals surface area (Å²) in [5.74, 6) is 0.629. The minimum absolute atomic E-state index is 0.0247. The molecule has 1 aliphatic rings. The van der Waals surface area contributed by atoms with Crippen LogP contribution in [0.3, 0.4) is 0 Å². The fourth-order valence-electron chi connectivity index (χ4n) is 3.31. The lowest BCUT2D eigenvalue weighted by atomic mass is 10.0. The van der Waals surface area contributed by atoms with Crippen LogP contribution in [0.5, 0.6) is 5.75 Å². The molecule has 0 bridgehead atoms. The highest BCUT2D eigenvalue weighted by molar-refractivity contribution is 6.31. The monoisotopic (exact) mass is 386 g/mol. The second-order valence-corrected chi connectivity index (χ2v) is 6.89. The fraction of sp³-hybridized carbons (Fsp3) is 0.333. The first-order valence-electron chi connectivity index (χ1n) is 9.02. The molecule has 1 amide bonds. The number of carbonyl (C=O) groups is 2. The average Bonchev–Trinajstić information content (AvgIpc) is 2.72. The van der Waals surface area contributed by atoms with Crippen molar-refractivity contribution in [3.63, 3.8) is 0 Å². The molecule has 1 atom stereocenters. The molecule has 27 heavy (non-hydrogen) atoms. The number of hydrogen-bond acceptors (Lipinski definition) is 4. The molecule has 1 heterocycles. The third-order valence-electron chi connectivity index (χ3n) is 4.81. The zero-order valence-electron chi connectivity index (χ0n) is 15.3. The Bertz CT molecular complexity index is 807. The van der Waals surface area contributed by atoms with Gasteiger partial charge in [-0.1, -0.05) is 29.8 Å². The Kier molecular flexibility index (Phi) is 6.48. The number of benzene rings is 2. The lowest BCUT2D eigenvalue weighted by Gasteiger charge is -2.37. The van der Waals surface area contributed by atoms with E-state index < -0.39 is 0 Å². The van der Waals surface area contributed by atoms with Crippen LogP contribution in [-0.2, 0) is 4.79 Å². The van der Waals surface area contributed by atoms with Crippen LogP contribution in [0, 0.1) is 0 Å². The van der Waals surface area contributed by atoms with E-state index in [1.807, 2.05) is 29.2 Å². The van der Waals surface area contributed by atoms with Crippen LogP contribution in [0.1, 0.15) is 34.8 Å². The van der Waals surface area contributed by atoms with Gasteiger partial charge in [0, 0.05) is 43.1 Å². The maximum atomic E-state index is 12.8. The van der Waals surface area contributed by atoms with Crippen LogP contribution >= 0.6 is 11.6 Å². The van der Waals surface area contributed by atoms with E-state index in [-0.39, 0.29) is 30.6 Å². The van der Waals surface area contributed by atoms with E-state index in [1.54, 1.807) is 31.4 Å². The van der Waals surface area contributed by atoms with Crippen LogP contribution in [0.25, 0.3) is 0 Å². The summed E-state index contributed by atoms with van der Waals surface area (Å²) in [7, 11) is 1.58. The fourth-order valence-corrected chi connectivity index (χ4v) is 3.57. The second-order valence-electron chi connectivity index (χ2n) is 6.48. The predicted molar refractivity (Wildman–Crippen MR) is 105 cm³/mol.